The highest BCUT2D eigenvalue weighted by atomic mass is 79.9. The molecule has 0 radical (unpaired) electrons. The molecule has 0 saturated heterocycles. The van der Waals surface area contributed by atoms with Gasteiger partial charge in [0.2, 0.25) is 0 Å². The van der Waals surface area contributed by atoms with Crippen LogP contribution in [0.25, 0.3) is 0 Å². The van der Waals surface area contributed by atoms with Crippen molar-refractivity contribution in [1.29, 1.82) is 0 Å². The summed E-state index contributed by atoms with van der Waals surface area (Å²) in [6.45, 7) is 2.61. The number of carbonyl (C=O) groups excluding carboxylic acids is 2. The molecule has 0 unspecified atom stereocenters. The predicted molar refractivity (Wildman–Crippen MR) is 120 cm³/mol. The number of hydrogen-bond donors (Lipinski definition) is 1. The van der Waals surface area contributed by atoms with E-state index in [1.54, 1.807) is 48.3 Å². The number of aryl methyl sites for hydroxylation is 1. The molecule has 3 aromatic carbocycles. The quantitative estimate of drug-likeness (QED) is 0.535. The summed E-state index contributed by atoms with van der Waals surface area (Å²) in [6.07, 6.45) is 0.986. The zero-order valence-corrected chi connectivity index (χ0v) is 18.1. The van der Waals surface area contributed by atoms with Gasteiger partial charge in [0.05, 0.1) is 16.8 Å². The van der Waals surface area contributed by atoms with Crippen LogP contribution in [0.4, 0.5) is 5.69 Å². The summed E-state index contributed by atoms with van der Waals surface area (Å²) in [6, 6.07) is 22.5. The summed E-state index contributed by atoms with van der Waals surface area (Å²) in [4.78, 5) is 27.4. The van der Waals surface area contributed by atoms with E-state index >= 15 is 0 Å². The first-order chi connectivity index (χ1) is 14.0. The molecule has 0 saturated carbocycles. The molecule has 4 nitrogen and oxygen atoms in total. The van der Waals surface area contributed by atoms with Gasteiger partial charge < -0.3 is 10.2 Å². The number of nitrogens with one attached hydrogen (secondary N) is 1. The van der Waals surface area contributed by atoms with Gasteiger partial charge >= 0.3 is 0 Å². The number of benzene rings is 3. The molecule has 0 aliphatic rings. The van der Waals surface area contributed by atoms with Crippen molar-refractivity contribution in [3.63, 3.8) is 0 Å². The fraction of sp³-hybridized carbons (Fsp3) is 0.167. The number of halogens is 1. The lowest BCUT2D eigenvalue weighted by Gasteiger charge is -2.20. The molecule has 29 heavy (non-hydrogen) atoms. The van der Waals surface area contributed by atoms with E-state index in [0.29, 0.717) is 27.8 Å². The smallest absolute Gasteiger partial charge is 0.256 e. The predicted octanol–water partition coefficient (Wildman–Crippen LogP) is 5.54. The zero-order valence-electron chi connectivity index (χ0n) is 16.5. The third-order valence-corrected chi connectivity index (χ3v) is 5.41. The van der Waals surface area contributed by atoms with Crippen molar-refractivity contribution < 1.29 is 9.59 Å². The Kier molecular flexibility index (Phi) is 6.83. The standard InChI is InChI=1S/C24H23BrN2O2/c1-3-17-12-14-18(15-13-17)16-27(2)24(29)20-9-5-7-11-22(20)26-23(28)19-8-4-6-10-21(19)25/h4-15H,3,16H2,1-2H3,(H,26,28). The second kappa shape index (κ2) is 9.52. The Bertz CT molecular complexity index is 1020. The fourth-order valence-corrected chi connectivity index (χ4v) is 3.51. The van der Waals surface area contributed by atoms with E-state index in [1.807, 2.05) is 24.3 Å². The second-order valence-corrected chi connectivity index (χ2v) is 7.67. The summed E-state index contributed by atoms with van der Waals surface area (Å²) >= 11 is 3.39. The number of nitrogens with zero attached hydrogens (tertiary/aromatic N) is 1. The summed E-state index contributed by atoms with van der Waals surface area (Å²) < 4.78 is 0.703. The molecule has 148 valence electrons. The number of amides is 2. The minimum atomic E-state index is -0.268. The van der Waals surface area contributed by atoms with Crippen LogP contribution in [-0.2, 0) is 13.0 Å². The van der Waals surface area contributed by atoms with E-state index in [1.165, 1.54) is 5.56 Å². The Hall–Kier alpha value is -2.92. The maximum absolute atomic E-state index is 13.0. The molecule has 3 aromatic rings. The number of carbonyl (C=O) groups is 2. The van der Waals surface area contributed by atoms with E-state index < -0.39 is 0 Å². The average Bonchev–Trinajstić information content (AvgIpc) is 2.74. The van der Waals surface area contributed by atoms with Crippen LogP contribution in [0.1, 0.15) is 38.8 Å². The van der Waals surface area contributed by atoms with Crippen molar-refractivity contribution in [1.82, 2.24) is 4.90 Å². The summed E-state index contributed by atoms with van der Waals surface area (Å²) in [5, 5.41) is 2.87. The molecule has 5 heteroatoms. The molecule has 0 bridgehead atoms. The fourth-order valence-electron chi connectivity index (χ4n) is 3.05. The lowest BCUT2D eigenvalue weighted by Crippen LogP contribution is -2.27. The van der Waals surface area contributed by atoms with Crippen LogP contribution in [0, 0.1) is 0 Å². The Labute approximate surface area is 179 Å². The Morgan fingerprint density at radius 2 is 1.45 bits per heavy atom. The molecule has 3 rings (SSSR count). The van der Waals surface area contributed by atoms with Crippen LogP contribution >= 0.6 is 15.9 Å². The number of rotatable bonds is 6. The first kappa shape index (κ1) is 20.8. The van der Waals surface area contributed by atoms with Gasteiger partial charge in [-0.3, -0.25) is 9.59 Å². The molecule has 0 aromatic heterocycles. The van der Waals surface area contributed by atoms with Crippen molar-refractivity contribution in [3.05, 3.63) is 99.5 Å². The zero-order chi connectivity index (χ0) is 20.8. The molecule has 1 N–H and O–H groups in total. The largest absolute Gasteiger partial charge is 0.337 e. The van der Waals surface area contributed by atoms with Crippen molar-refractivity contribution >= 4 is 33.4 Å². The van der Waals surface area contributed by atoms with E-state index in [2.05, 4.69) is 40.3 Å². The summed E-state index contributed by atoms with van der Waals surface area (Å²) in [5.74, 6) is -0.414. The first-order valence-corrected chi connectivity index (χ1v) is 10.3. The third-order valence-electron chi connectivity index (χ3n) is 4.72. The van der Waals surface area contributed by atoms with Gasteiger partial charge in [0.1, 0.15) is 0 Å². The van der Waals surface area contributed by atoms with Crippen LogP contribution < -0.4 is 5.32 Å². The van der Waals surface area contributed by atoms with Gasteiger partial charge in [0.15, 0.2) is 0 Å². The van der Waals surface area contributed by atoms with Gasteiger partial charge in [-0.25, -0.2) is 0 Å². The molecular weight excluding hydrogens is 428 g/mol. The van der Waals surface area contributed by atoms with Gasteiger partial charge in [-0.05, 0) is 57.7 Å². The highest BCUT2D eigenvalue weighted by molar-refractivity contribution is 9.10. The average molecular weight is 451 g/mol. The minimum Gasteiger partial charge on any atom is -0.337 e. The lowest BCUT2D eigenvalue weighted by atomic mass is 10.1. The topological polar surface area (TPSA) is 49.4 Å². The molecule has 0 atom stereocenters. The van der Waals surface area contributed by atoms with Crippen LogP contribution in [-0.4, -0.2) is 23.8 Å². The van der Waals surface area contributed by atoms with E-state index in [0.717, 1.165) is 12.0 Å². The van der Waals surface area contributed by atoms with Crippen LogP contribution in [0.2, 0.25) is 0 Å². The van der Waals surface area contributed by atoms with Gasteiger partial charge in [-0.1, -0.05) is 55.5 Å². The first-order valence-electron chi connectivity index (χ1n) is 9.47. The minimum absolute atomic E-state index is 0.146. The molecule has 2 amide bonds. The maximum atomic E-state index is 13.0. The van der Waals surface area contributed by atoms with Gasteiger partial charge in [0.25, 0.3) is 11.8 Å². The highest BCUT2D eigenvalue weighted by Gasteiger charge is 2.18. The van der Waals surface area contributed by atoms with E-state index in [4.69, 9.17) is 0 Å². The molecule has 0 aliphatic carbocycles. The normalized spacial score (nSPS) is 10.4. The lowest BCUT2D eigenvalue weighted by molar-refractivity contribution is 0.0786. The van der Waals surface area contributed by atoms with Crippen molar-refractivity contribution in [2.45, 2.75) is 19.9 Å². The summed E-state index contributed by atoms with van der Waals surface area (Å²) in [7, 11) is 1.77. The maximum Gasteiger partial charge on any atom is 0.256 e. The van der Waals surface area contributed by atoms with E-state index in [9.17, 15) is 9.59 Å². The Morgan fingerprint density at radius 3 is 2.10 bits per heavy atom. The molecule has 0 fully saturated rings. The number of hydrogen-bond acceptors (Lipinski definition) is 2. The molecule has 0 spiro atoms. The highest BCUT2D eigenvalue weighted by Crippen LogP contribution is 2.22. The number of para-hydroxylation sites is 1. The van der Waals surface area contributed by atoms with E-state index in [-0.39, 0.29) is 11.8 Å². The molecular formula is C24H23BrN2O2. The van der Waals surface area contributed by atoms with Gasteiger partial charge in [-0.2, -0.15) is 0 Å². The van der Waals surface area contributed by atoms with Crippen LogP contribution in [0.5, 0.6) is 0 Å². The SMILES string of the molecule is CCc1ccc(CN(C)C(=O)c2ccccc2NC(=O)c2ccccc2Br)cc1. The van der Waals surface area contributed by atoms with Gasteiger partial charge in [0, 0.05) is 18.1 Å². The Balaban J connectivity index is 1.77. The third kappa shape index (κ3) is 5.12. The monoisotopic (exact) mass is 450 g/mol. The number of anilines is 1. The van der Waals surface area contributed by atoms with Crippen molar-refractivity contribution in [3.8, 4) is 0 Å². The summed E-state index contributed by atoms with van der Waals surface area (Å²) in [5.41, 5.74) is 3.79. The second-order valence-electron chi connectivity index (χ2n) is 6.81. The van der Waals surface area contributed by atoms with Crippen molar-refractivity contribution in [2.24, 2.45) is 0 Å². The molecule has 0 aliphatic heterocycles. The van der Waals surface area contributed by atoms with Crippen LogP contribution in [0.15, 0.2) is 77.3 Å². The molecule has 0 heterocycles. The van der Waals surface area contributed by atoms with Crippen molar-refractivity contribution in [2.75, 3.05) is 12.4 Å². The van der Waals surface area contributed by atoms with Gasteiger partial charge in [-0.15, -0.1) is 0 Å². The van der Waals surface area contributed by atoms with Crippen LogP contribution in [0.3, 0.4) is 0 Å². The Morgan fingerprint density at radius 1 is 0.862 bits per heavy atom.